The van der Waals surface area contributed by atoms with Crippen LogP contribution in [0.3, 0.4) is 0 Å². The van der Waals surface area contributed by atoms with Gasteiger partial charge in [0.2, 0.25) is 0 Å². The number of hydrogen-bond acceptors (Lipinski definition) is 6. The van der Waals surface area contributed by atoms with Gasteiger partial charge in [-0.15, -0.1) is 0 Å². The number of hydrazone groups is 1. The van der Waals surface area contributed by atoms with Crippen LogP contribution in [-0.4, -0.2) is 32.9 Å². The van der Waals surface area contributed by atoms with Crippen molar-refractivity contribution in [1.29, 1.82) is 0 Å². The Bertz CT molecular complexity index is 1110. The quantitative estimate of drug-likeness (QED) is 0.264. The molecular weight excluding hydrogens is 420 g/mol. The summed E-state index contributed by atoms with van der Waals surface area (Å²) in [5, 5.41) is 4.04. The van der Waals surface area contributed by atoms with Crippen LogP contribution in [0, 0.1) is 0 Å². The lowest BCUT2D eigenvalue weighted by Gasteiger charge is -2.11. The van der Waals surface area contributed by atoms with Gasteiger partial charge in [0.05, 0.1) is 20.4 Å². The molecule has 3 rings (SSSR count). The number of ether oxygens (including phenoxy) is 4. The standard InChI is InChI=1S/C26H26N2O5/c1-4-14-32-22-13-11-21(16-25(22)31-3)26(29)28-27-17-20-10-12-23(24(15-20)30-2)33-18-19-8-6-5-7-9-19/h4-13,15-17H,1,14,18H2,2-3H3,(H,28,29)/b27-17+. The second-order valence-corrected chi connectivity index (χ2v) is 6.85. The van der Waals surface area contributed by atoms with Crippen molar-refractivity contribution in [2.45, 2.75) is 6.61 Å². The summed E-state index contributed by atoms with van der Waals surface area (Å²) in [6.07, 6.45) is 3.16. The van der Waals surface area contributed by atoms with E-state index < -0.39 is 0 Å². The maximum atomic E-state index is 12.4. The molecule has 0 atom stereocenters. The molecule has 33 heavy (non-hydrogen) atoms. The second kappa shape index (κ2) is 12.0. The number of amides is 1. The molecule has 1 amide bonds. The molecule has 7 nitrogen and oxygen atoms in total. The van der Waals surface area contributed by atoms with Crippen LogP contribution in [0.1, 0.15) is 21.5 Å². The van der Waals surface area contributed by atoms with Gasteiger partial charge in [0, 0.05) is 5.56 Å². The van der Waals surface area contributed by atoms with E-state index in [2.05, 4.69) is 17.1 Å². The van der Waals surface area contributed by atoms with Gasteiger partial charge < -0.3 is 18.9 Å². The number of hydrogen-bond donors (Lipinski definition) is 1. The predicted molar refractivity (Wildman–Crippen MR) is 128 cm³/mol. The Labute approximate surface area is 193 Å². The molecule has 0 bridgehead atoms. The number of carbonyl (C=O) groups is 1. The minimum atomic E-state index is -0.380. The van der Waals surface area contributed by atoms with E-state index in [4.69, 9.17) is 18.9 Å². The van der Waals surface area contributed by atoms with Crippen LogP contribution in [0.25, 0.3) is 0 Å². The fourth-order valence-corrected chi connectivity index (χ4v) is 2.93. The molecule has 0 fully saturated rings. The number of nitrogens with one attached hydrogen (secondary N) is 1. The zero-order valence-electron chi connectivity index (χ0n) is 18.6. The highest BCUT2D eigenvalue weighted by atomic mass is 16.5. The summed E-state index contributed by atoms with van der Waals surface area (Å²) in [6.45, 7) is 4.38. The van der Waals surface area contributed by atoms with Crippen LogP contribution in [-0.2, 0) is 6.61 Å². The first-order valence-electron chi connectivity index (χ1n) is 10.2. The first-order valence-corrected chi connectivity index (χ1v) is 10.2. The Kier molecular flexibility index (Phi) is 8.48. The maximum Gasteiger partial charge on any atom is 0.271 e. The average molecular weight is 447 g/mol. The lowest BCUT2D eigenvalue weighted by Crippen LogP contribution is -2.17. The highest BCUT2D eigenvalue weighted by Gasteiger charge is 2.11. The van der Waals surface area contributed by atoms with Gasteiger partial charge in [-0.25, -0.2) is 5.43 Å². The summed E-state index contributed by atoms with van der Waals surface area (Å²) in [5.74, 6) is 1.78. The van der Waals surface area contributed by atoms with E-state index in [0.717, 1.165) is 11.1 Å². The maximum absolute atomic E-state index is 12.4. The van der Waals surface area contributed by atoms with Gasteiger partial charge in [-0.3, -0.25) is 4.79 Å². The highest BCUT2D eigenvalue weighted by Crippen LogP contribution is 2.29. The largest absolute Gasteiger partial charge is 0.493 e. The molecule has 0 aliphatic carbocycles. The van der Waals surface area contributed by atoms with Crippen LogP contribution in [0.4, 0.5) is 0 Å². The Balaban J connectivity index is 1.62. The third-order valence-electron chi connectivity index (χ3n) is 4.59. The summed E-state index contributed by atoms with van der Waals surface area (Å²) in [4.78, 5) is 12.4. The molecule has 0 saturated heterocycles. The van der Waals surface area contributed by atoms with Crippen LogP contribution in [0.2, 0.25) is 0 Å². The monoisotopic (exact) mass is 446 g/mol. The van der Waals surface area contributed by atoms with Gasteiger partial charge in [0.25, 0.3) is 5.91 Å². The van der Waals surface area contributed by atoms with E-state index in [1.54, 1.807) is 43.5 Å². The van der Waals surface area contributed by atoms with Crippen LogP contribution in [0.5, 0.6) is 23.0 Å². The van der Waals surface area contributed by atoms with Crippen molar-refractivity contribution in [2.75, 3.05) is 20.8 Å². The SMILES string of the molecule is C=CCOc1ccc(C(=O)N/N=C/c2ccc(OCc3ccccc3)c(OC)c2)cc1OC. The minimum absolute atomic E-state index is 0.339. The molecule has 0 radical (unpaired) electrons. The summed E-state index contributed by atoms with van der Waals surface area (Å²) in [6, 6.07) is 20.2. The minimum Gasteiger partial charge on any atom is -0.493 e. The molecule has 0 saturated carbocycles. The molecule has 170 valence electrons. The number of nitrogens with zero attached hydrogens (tertiary/aromatic N) is 1. The van der Waals surface area contributed by atoms with Crippen molar-refractivity contribution < 1.29 is 23.7 Å². The van der Waals surface area contributed by atoms with E-state index in [0.29, 0.717) is 41.8 Å². The van der Waals surface area contributed by atoms with Gasteiger partial charge in [0.15, 0.2) is 23.0 Å². The number of methoxy groups -OCH3 is 2. The van der Waals surface area contributed by atoms with E-state index in [-0.39, 0.29) is 5.91 Å². The third kappa shape index (κ3) is 6.61. The molecule has 0 aliphatic heterocycles. The molecule has 0 aliphatic rings. The molecule has 0 spiro atoms. The van der Waals surface area contributed by atoms with Crippen molar-refractivity contribution in [3.8, 4) is 23.0 Å². The van der Waals surface area contributed by atoms with Gasteiger partial charge in [-0.2, -0.15) is 5.10 Å². The molecule has 0 aromatic heterocycles. The molecule has 7 heteroatoms. The smallest absolute Gasteiger partial charge is 0.271 e. The first-order chi connectivity index (χ1) is 16.1. The van der Waals surface area contributed by atoms with Gasteiger partial charge in [-0.1, -0.05) is 43.0 Å². The van der Waals surface area contributed by atoms with Crippen LogP contribution in [0.15, 0.2) is 84.5 Å². The van der Waals surface area contributed by atoms with Gasteiger partial charge in [0.1, 0.15) is 13.2 Å². The molecule has 1 N–H and O–H groups in total. The summed E-state index contributed by atoms with van der Waals surface area (Å²) in [7, 11) is 3.08. The summed E-state index contributed by atoms with van der Waals surface area (Å²) in [5.41, 5.74) is 4.69. The fourth-order valence-electron chi connectivity index (χ4n) is 2.93. The Hall–Kier alpha value is -4.26. The summed E-state index contributed by atoms with van der Waals surface area (Å²) >= 11 is 0. The van der Waals surface area contributed by atoms with E-state index in [1.165, 1.54) is 13.3 Å². The second-order valence-electron chi connectivity index (χ2n) is 6.85. The van der Waals surface area contributed by atoms with E-state index in [9.17, 15) is 4.79 Å². The number of benzene rings is 3. The Morgan fingerprint density at radius 2 is 1.61 bits per heavy atom. The van der Waals surface area contributed by atoms with Gasteiger partial charge >= 0.3 is 0 Å². The Morgan fingerprint density at radius 3 is 2.33 bits per heavy atom. The fraction of sp³-hybridized carbons (Fsp3) is 0.154. The third-order valence-corrected chi connectivity index (χ3v) is 4.59. The zero-order valence-corrected chi connectivity index (χ0v) is 18.6. The Morgan fingerprint density at radius 1 is 0.909 bits per heavy atom. The van der Waals surface area contributed by atoms with Crippen LogP contribution >= 0.6 is 0 Å². The number of carbonyl (C=O) groups excluding carboxylic acids is 1. The molecule has 3 aromatic rings. The number of rotatable bonds is 11. The topological polar surface area (TPSA) is 78.4 Å². The molecular formula is C26H26N2O5. The average Bonchev–Trinajstić information content (AvgIpc) is 2.86. The van der Waals surface area contributed by atoms with Crippen molar-refractivity contribution >= 4 is 12.1 Å². The summed E-state index contributed by atoms with van der Waals surface area (Å²) < 4.78 is 22.1. The molecule has 0 unspecified atom stereocenters. The molecule has 0 heterocycles. The van der Waals surface area contributed by atoms with E-state index >= 15 is 0 Å². The lowest BCUT2D eigenvalue weighted by atomic mass is 10.2. The molecule has 3 aromatic carbocycles. The van der Waals surface area contributed by atoms with Crippen molar-refractivity contribution in [1.82, 2.24) is 5.43 Å². The first kappa shape index (κ1) is 23.4. The highest BCUT2D eigenvalue weighted by molar-refractivity contribution is 5.95. The zero-order chi connectivity index (χ0) is 23.5. The van der Waals surface area contributed by atoms with Crippen molar-refractivity contribution in [3.63, 3.8) is 0 Å². The van der Waals surface area contributed by atoms with Crippen molar-refractivity contribution in [2.24, 2.45) is 5.10 Å². The van der Waals surface area contributed by atoms with Gasteiger partial charge in [-0.05, 0) is 47.5 Å². The lowest BCUT2D eigenvalue weighted by molar-refractivity contribution is 0.0954. The normalized spacial score (nSPS) is 10.5. The van der Waals surface area contributed by atoms with Crippen molar-refractivity contribution in [3.05, 3.63) is 96.1 Å². The van der Waals surface area contributed by atoms with Crippen LogP contribution < -0.4 is 24.4 Å². The van der Waals surface area contributed by atoms with E-state index in [1.807, 2.05) is 36.4 Å². The predicted octanol–water partition coefficient (Wildman–Crippen LogP) is 4.61.